The first kappa shape index (κ1) is 25.4. The zero-order valence-electron chi connectivity index (χ0n) is 21.4. The summed E-state index contributed by atoms with van der Waals surface area (Å²) in [6.45, 7) is 4.63. The van der Waals surface area contributed by atoms with Crippen LogP contribution in [-0.4, -0.2) is 8.07 Å². The molecule has 1 aliphatic rings. The molecule has 0 unspecified atom stereocenters. The van der Waals surface area contributed by atoms with Gasteiger partial charge in [-0.25, -0.2) is 0 Å². The van der Waals surface area contributed by atoms with Crippen molar-refractivity contribution in [1.82, 2.24) is 0 Å². The second-order valence-corrected chi connectivity index (χ2v) is 15.4. The van der Waals surface area contributed by atoms with E-state index in [1.807, 2.05) is 0 Å². The minimum atomic E-state index is -1.79. The minimum Gasteiger partial charge on any atom is -0.134 e. The first-order valence-electron chi connectivity index (χ1n) is 13.9. The van der Waals surface area contributed by atoms with Crippen molar-refractivity contribution in [2.75, 3.05) is 0 Å². The van der Waals surface area contributed by atoms with E-state index in [-0.39, 0.29) is 0 Å². The van der Waals surface area contributed by atoms with E-state index in [0.717, 1.165) is 0 Å². The van der Waals surface area contributed by atoms with Crippen LogP contribution in [0, 0.1) is 11.4 Å². The fourth-order valence-corrected chi connectivity index (χ4v) is 12.2. The van der Waals surface area contributed by atoms with Crippen LogP contribution in [0.3, 0.4) is 0 Å². The number of rotatable bonds is 15. The molecule has 0 amide bonds. The van der Waals surface area contributed by atoms with Gasteiger partial charge in [-0.05, 0) is 57.4 Å². The molecule has 2 aromatic carbocycles. The first-order chi connectivity index (χ1) is 16.8. The number of thiophene rings is 1. The molecule has 4 rings (SSSR count). The van der Waals surface area contributed by atoms with Gasteiger partial charge in [0.05, 0.1) is 0 Å². The van der Waals surface area contributed by atoms with Crippen LogP contribution in [0.4, 0.5) is 0 Å². The quantitative estimate of drug-likeness (QED) is 0.148. The standard InChI is InChI=1S/C32H42SSi/c1-3-5-7-9-11-15-24-34(25-16-12-10-8-6-4-2)31-20-14-13-18-28(31)29-22-21-27(26-32(29)34)30-19-17-23-33-30/h13,17-22,26H,3-12,15-16,24-25H2,1-2H3. The molecule has 0 N–H and O–H groups in total. The summed E-state index contributed by atoms with van der Waals surface area (Å²) in [5.41, 5.74) is 4.43. The summed E-state index contributed by atoms with van der Waals surface area (Å²) in [7, 11) is -1.79. The maximum Gasteiger partial charge on any atom is 0.119 e. The topological polar surface area (TPSA) is 0 Å². The Bertz CT molecular complexity index is 988. The van der Waals surface area contributed by atoms with Crippen LogP contribution in [0.1, 0.15) is 90.9 Å². The normalized spacial score (nSPS) is 13.7. The molecule has 0 spiro atoms. The molecule has 0 aliphatic carbocycles. The van der Waals surface area contributed by atoms with Crippen molar-refractivity contribution in [3.63, 3.8) is 0 Å². The van der Waals surface area contributed by atoms with Crippen molar-refractivity contribution in [3.05, 3.63) is 60.0 Å². The van der Waals surface area contributed by atoms with Gasteiger partial charge < -0.3 is 0 Å². The Morgan fingerprint density at radius 2 is 1.32 bits per heavy atom. The first-order valence-corrected chi connectivity index (χ1v) is 17.1. The molecule has 1 aliphatic heterocycles. The Labute approximate surface area is 213 Å². The van der Waals surface area contributed by atoms with Gasteiger partial charge >= 0.3 is 0 Å². The maximum atomic E-state index is 3.49. The third kappa shape index (κ3) is 5.77. The third-order valence-electron chi connectivity index (χ3n) is 7.88. The van der Waals surface area contributed by atoms with Gasteiger partial charge in [0, 0.05) is 10.3 Å². The summed E-state index contributed by atoms with van der Waals surface area (Å²) < 4.78 is 0. The van der Waals surface area contributed by atoms with E-state index in [4.69, 9.17) is 0 Å². The highest BCUT2D eigenvalue weighted by Crippen LogP contribution is 2.37. The van der Waals surface area contributed by atoms with Crippen molar-refractivity contribution in [2.24, 2.45) is 0 Å². The van der Waals surface area contributed by atoms with E-state index in [9.17, 15) is 0 Å². The molecule has 0 saturated heterocycles. The molecule has 0 atom stereocenters. The Morgan fingerprint density at radius 1 is 0.676 bits per heavy atom. The SMILES string of the molecule is CCCCCCCC[Si]1(CCCCCCCC)c2c[c]ccc2-c2ccc(-c3cc[c]s3)cc21. The van der Waals surface area contributed by atoms with E-state index in [1.54, 1.807) is 21.7 Å². The van der Waals surface area contributed by atoms with E-state index in [2.05, 4.69) is 73.8 Å². The van der Waals surface area contributed by atoms with Gasteiger partial charge in [0.1, 0.15) is 8.07 Å². The molecule has 2 heteroatoms. The van der Waals surface area contributed by atoms with Gasteiger partial charge in [0.15, 0.2) is 0 Å². The average Bonchev–Trinajstić information content (AvgIpc) is 3.50. The highest BCUT2D eigenvalue weighted by Gasteiger charge is 2.44. The lowest BCUT2D eigenvalue weighted by Gasteiger charge is -2.30. The number of hydrogen-bond acceptors (Lipinski definition) is 1. The molecule has 1 aromatic heterocycles. The van der Waals surface area contributed by atoms with Crippen LogP contribution >= 0.6 is 11.3 Å². The lowest BCUT2D eigenvalue weighted by molar-refractivity contribution is 0.616. The highest BCUT2D eigenvalue weighted by molar-refractivity contribution is 7.13. The van der Waals surface area contributed by atoms with Crippen molar-refractivity contribution in [3.8, 4) is 21.6 Å². The monoisotopic (exact) mass is 486 g/mol. The molecule has 0 nitrogen and oxygen atoms in total. The van der Waals surface area contributed by atoms with E-state index >= 15 is 0 Å². The number of hydrogen-bond donors (Lipinski definition) is 0. The van der Waals surface area contributed by atoms with Crippen molar-refractivity contribution < 1.29 is 0 Å². The second kappa shape index (κ2) is 12.9. The number of fused-ring (bicyclic) bond motifs is 3. The molecular formula is C32H42SSi. The van der Waals surface area contributed by atoms with E-state index in [1.165, 1.54) is 111 Å². The minimum absolute atomic E-state index is 1.33. The highest BCUT2D eigenvalue weighted by atomic mass is 32.1. The van der Waals surface area contributed by atoms with E-state index in [0.29, 0.717) is 0 Å². The Balaban J connectivity index is 1.63. The van der Waals surface area contributed by atoms with Crippen molar-refractivity contribution in [2.45, 2.75) is 103 Å². The summed E-state index contributed by atoms with van der Waals surface area (Å²) in [6, 6.07) is 24.8. The van der Waals surface area contributed by atoms with Gasteiger partial charge in [-0.1, -0.05) is 127 Å². The fourth-order valence-electron chi connectivity index (χ4n) is 6.01. The zero-order valence-corrected chi connectivity index (χ0v) is 23.2. The Kier molecular flexibility index (Phi) is 9.64. The fraction of sp³-hybridized carbons (Fsp3) is 0.500. The smallest absolute Gasteiger partial charge is 0.119 e. The summed E-state index contributed by atoms with van der Waals surface area (Å²) in [4.78, 5) is 1.35. The summed E-state index contributed by atoms with van der Waals surface area (Å²) in [5.74, 6) is 0. The van der Waals surface area contributed by atoms with Gasteiger partial charge in [0.25, 0.3) is 0 Å². The molecule has 180 valence electrons. The Hall–Kier alpha value is -1.64. The summed E-state index contributed by atoms with van der Waals surface area (Å²) >= 11 is 1.75. The molecule has 0 saturated carbocycles. The van der Waals surface area contributed by atoms with Gasteiger partial charge in [-0.3, -0.25) is 0 Å². The third-order valence-corrected chi connectivity index (χ3v) is 14.0. The Morgan fingerprint density at radius 3 is 1.97 bits per heavy atom. The van der Waals surface area contributed by atoms with Gasteiger partial charge in [0.2, 0.25) is 0 Å². The predicted molar refractivity (Wildman–Crippen MR) is 154 cm³/mol. The summed E-state index contributed by atoms with van der Waals surface area (Å²) in [6.07, 6.45) is 16.6. The molecule has 2 heterocycles. The van der Waals surface area contributed by atoms with Crippen LogP contribution < -0.4 is 10.4 Å². The van der Waals surface area contributed by atoms with Crippen LogP contribution in [0.25, 0.3) is 21.6 Å². The maximum absolute atomic E-state index is 3.49. The zero-order chi connectivity index (χ0) is 23.6. The molecule has 0 fully saturated rings. The van der Waals surface area contributed by atoms with Crippen LogP contribution in [0.15, 0.2) is 48.5 Å². The van der Waals surface area contributed by atoms with Crippen LogP contribution in [0.2, 0.25) is 12.1 Å². The lowest BCUT2D eigenvalue weighted by Crippen LogP contribution is -2.55. The predicted octanol–water partition coefficient (Wildman–Crippen LogP) is 9.28. The lowest BCUT2D eigenvalue weighted by atomic mass is 10.0. The molecule has 0 bridgehead atoms. The second-order valence-electron chi connectivity index (χ2n) is 10.3. The molecule has 34 heavy (non-hydrogen) atoms. The van der Waals surface area contributed by atoms with Crippen LogP contribution in [-0.2, 0) is 0 Å². The largest absolute Gasteiger partial charge is 0.134 e. The van der Waals surface area contributed by atoms with Crippen molar-refractivity contribution in [1.29, 1.82) is 0 Å². The summed E-state index contributed by atoms with van der Waals surface area (Å²) in [5, 5.41) is 6.70. The van der Waals surface area contributed by atoms with Crippen LogP contribution in [0.5, 0.6) is 0 Å². The number of unbranched alkanes of at least 4 members (excludes halogenated alkanes) is 10. The molecular weight excluding hydrogens is 445 g/mol. The van der Waals surface area contributed by atoms with Gasteiger partial charge in [-0.2, -0.15) is 0 Å². The average molecular weight is 487 g/mol. The van der Waals surface area contributed by atoms with E-state index < -0.39 is 8.07 Å². The molecule has 2 radical (unpaired) electrons. The van der Waals surface area contributed by atoms with Gasteiger partial charge in [-0.15, -0.1) is 11.3 Å². The number of benzene rings is 2. The van der Waals surface area contributed by atoms with Crippen molar-refractivity contribution >= 4 is 29.8 Å². The molecule has 3 aromatic rings.